The first-order valence-corrected chi connectivity index (χ1v) is 8.27. The molecule has 25 heavy (non-hydrogen) atoms. The van der Waals surface area contributed by atoms with E-state index in [-0.39, 0.29) is 6.61 Å². The van der Waals surface area contributed by atoms with Crippen LogP contribution < -0.4 is 5.32 Å². The third-order valence-electron chi connectivity index (χ3n) is 4.58. The molecule has 2 heterocycles. The number of aliphatic hydroxyl groups is 1. The lowest BCUT2D eigenvalue weighted by Gasteiger charge is -2.11. The molecule has 0 aliphatic carbocycles. The molecule has 0 atom stereocenters. The van der Waals surface area contributed by atoms with E-state index < -0.39 is 11.8 Å². The molecule has 0 bridgehead atoms. The van der Waals surface area contributed by atoms with Crippen LogP contribution >= 0.6 is 11.6 Å². The Morgan fingerprint density at radius 2 is 1.84 bits per heavy atom. The molecule has 1 aliphatic heterocycles. The Hall–Kier alpha value is -2.63. The standard InChI is InChI=1S/C19H15ClN2O3/c1-22-9-10(6-7-23)15-14(22)8-12(11-4-2-3-5-13(11)20)16-17(15)19(25)21-18(16)24/h2-5,8-9,23H,6-7H2,1H3,(H,21,24,25). The van der Waals surface area contributed by atoms with Gasteiger partial charge in [-0.25, -0.2) is 0 Å². The Labute approximate surface area is 148 Å². The molecular weight excluding hydrogens is 340 g/mol. The third kappa shape index (κ3) is 2.27. The van der Waals surface area contributed by atoms with E-state index in [2.05, 4.69) is 5.32 Å². The third-order valence-corrected chi connectivity index (χ3v) is 4.91. The van der Waals surface area contributed by atoms with Gasteiger partial charge in [0.2, 0.25) is 0 Å². The summed E-state index contributed by atoms with van der Waals surface area (Å²) in [6.07, 6.45) is 2.30. The van der Waals surface area contributed by atoms with E-state index in [1.807, 2.05) is 42.1 Å². The molecule has 1 aliphatic rings. The van der Waals surface area contributed by atoms with Crippen LogP contribution in [0, 0.1) is 0 Å². The van der Waals surface area contributed by atoms with Crippen LogP contribution in [0.3, 0.4) is 0 Å². The highest BCUT2D eigenvalue weighted by atomic mass is 35.5. The molecule has 0 fully saturated rings. The van der Waals surface area contributed by atoms with Crippen molar-refractivity contribution in [3.05, 3.63) is 58.2 Å². The average Bonchev–Trinajstić information content (AvgIpc) is 3.05. The van der Waals surface area contributed by atoms with E-state index >= 15 is 0 Å². The zero-order valence-corrected chi connectivity index (χ0v) is 14.2. The molecule has 6 heteroatoms. The van der Waals surface area contributed by atoms with Crippen molar-refractivity contribution in [1.82, 2.24) is 9.88 Å². The fraction of sp³-hybridized carbons (Fsp3) is 0.158. The maximum atomic E-state index is 12.5. The molecule has 0 radical (unpaired) electrons. The van der Waals surface area contributed by atoms with Crippen molar-refractivity contribution >= 4 is 34.3 Å². The number of nitrogens with zero attached hydrogens (tertiary/aromatic N) is 1. The summed E-state index contributed by atoms with van der Waals surface area (Å²) in [5.74, 6) is -0.833. The van der Waals surface area contributed by atoms with Gasteiger partial charge in [0, 0.05) is 41.3 Å². The highest BCUT2D eigenvalue weighted by Crippen LogP contribution is 2.39. The number of aliphatic hydroxyl groups excluding tert-OH is 1. The molecule has 0 saturated heterocycles. The maximum absolute atomic E-state index is 12.5. The van der Waals surface area contributed by atoms with Crippen molar-refractivity contribution in [2.75, 3.05) is 6.61 Å². The van der Waals surface area contributed by atoms with Crippen molar-refractivity contribution in [1.29, 1.82) is 0 Å². The number of aromatic nitrogens is 1. The number of fused-ring (bicyclic) bond motifs is 3. The second kappa shape index (κ2) is 5.72. The van der Waals surface area contributed by atoms with Crippen molar-refractivity contribution in [2.45, 2.75) is 6.42 Å². The number of imide groups is 1. The first kappa shape index (κ1) is 15.9. The van der Waals surface area contributed by atoms with E-state index in [1.165, 1.54) is 0 Å². The van der Waals surface area contributed by atoms with E-state index in [0.717, 1.165) is 11.1 Å². The Bertz CT molecular complexity index is 1050. The number of hydrogen-bond acceptors (Lipinski definition) is 3. The van der Waals surface area contributed by atoms with Gasteiger partial charge in [0.1, 0.15) is 0 Å². The molecular formula is C19H15ClN2O3. The minimum Gasteiger partial charge on any atom is -0.396 e. The molecule has 2 aromatic carbocycles. The molecule has 2 N–H and O–H groups in total. The number of aryl methyl sites for hydroxylation is 1. The van der Waals surface area contributed by atoms with E-state index in [1.54, 1.807) is 6.07 Å². The molecule has 3 aromatic rings. The van der Waals surface area contributed by atoms with Gasteiger partial charge in [0.25, 0.3) is 11.8 Å². The quantitative estimate of drug-likeness (QED) is 0.710. The molecule has 4 rings (SSSR count). The summed E-state index contributed by atoms with van der Waals surface area (Å²) in [6.45, 7) is -0.0320. The van der Waals surface area contributed by atoms with E-state index in [4.69, 9.17) is 11.6 Å². The fourth-order valence-corrected chi connectivity index (χ4v) is 3.77. The van der Waals surface area contributed by atoms with Crippen molar-refractivity contribution in [3.8, 4) is 11.1 Å². The van der Waals surface area contributed by atoms with Crippen LogP contribution in [0.5, 0.6) is 0 Å². The largest absolute Gasteiger partial charge is 0.396 e. The molecule has 0 saturated carbocycles. The van der Waals surface area contributed by atoms with E-state index in [0.29, 0.717) is 39.1 Å². The lowest BCUT2D eigenvalue weighted by atomic mass is 9.92. The van der Waals surface area contributed by atoms with Gasteiger partial charge >= 0.3 is 0 Å². The summed E-state index contributed by atoms with van der Waals surface area (Å²) in [4.78, 5) is 25.0. The Kier molecular flexibility index (Phi) is 3.63. The fourth-order valence-electron chi connectivity index (χ4n) is 3.53. The SMILES string of the molecule is Cn1cc(CCO)c2c3c(c(-c4ccccc4Cl)cc21)C(=O)NC3=O. The van der Waals surface area contributed by atoms with Gasteiger partial charge in [-0.15, -0.1) is 0 Å². The van der Waals surface area contributed by atoms with Gasteiger partial charge < -0.3 is 9.67 Å². The number of carbonyl (C=O) groups is 2. The molecule has 1 aromatic heterocycles. The second-order valence-electron chi connectivity index (χ2n) is 6.07. The zero-order valence-electron chi connectivity index (χ0n) is 13.5. The van der Waals surface area contributed by atoms with Crippen LogP contribution in [0.1, 0.15) is 26.3 Å². The van der Waals surface area contributed by atoms with E-state index in [9.17, 15) is 14.7 Å². The molecule has 0 unspecified atom stereocenters. The highest BCUT2D eigenvalue weighted by Gasteiger charge is 2.34. The summed E-state index contributed by atoms with van der Waals surface area (Å²) < 4.78 is 1.90. The van der Waals surface area contributed by atoms with Gasteiger partial charge in [-0.1, -0.05) is 29.8 Å². The predicted octanol–water partition coefficient (Wildman–Crippen LogP) is 2.92. The van der Waals surface area contributed by atoms with Crippen LogP contribution in [-0.2, 0) is 13.5 Å². The zero-order chi connectivity index (χ0) is 17.7. The van der Waals surface area contributed by atoms with Crippen molar-refractivity contribution in [3.63, 3.8) is 0 Å². The van der Waals surface area contributed by atoms with Crippen LogP contribution in [-0.4, -0.2) is 28.1 Å². The number of benzene rings is 2. The number of hydrogen-bond donors (Lipinski definition) is 2. The highest BCUT2D eigenvalue weighted by molar-refractivity contribution is 6.35. The maximum Gasteiger partial charge on any atom is 0.259 e. The molecule has 5 nitrogen and oxygen atoms in total. The Balaban J connectivity index is 2.15. The van der Waals surface area contributed by atoms with Crippen LogP contribution in [0.4, 0.5) is 0 Å². The van der Waals surface area contributed by atoms with Crippen molar-refractivity contribution in [2.24, 2.45) is 7.05 Å². The lowest BCUT2D eigenvalue weighted by Crippen LogP contribution is -2.20. The minimum atomic E-state index is -0.421. The monoisotopic (exact) mass is 354 g/mol. The summed E-state index contributed by atoms with van der Waals surface area (Å²) >= 11 is 6.33. The van der Waals surface area contributed by atoms with Crippen LogP contribution in [0.15, 0.2) is 36.5 Å². The smallest absolute Gasteiger partial charge is 0.259 e. The first-order valence-electron chi connectivity index (χ1n) is 7.89. The van der Waals surface area contributed by atoms with Gasteiger partial charge in [-0.2, -0.15) is 0 Å². The first-order chi connectivity index (χ1) is 12.0. The number of rotatable bonds is 3. The topological polar surface area (TPSA) is 71.3 Å². The van der Waals surface area contributed by atoms with Crippen LogP contribution in [0.2, 0.25) is 5.02 Å². The lowest BCUT2D eigenvalue weighted by molar-refractivity contribution is 0.0880. The summed E-state index contributed by atoms with van der Waals surface area (Å²) in [5.41, 5.74) is 3.71. The normalized spacial score (nSPS) is 13.4. The van der Waals surface area contributed by atoms with Crippen LogP contribution in [0.25, 0.3) is 22.0 Å². The summed E-state index contributed by atoms with van der Waals surface area (Å²) in [7, 11) is 1.88. The summed E-state index contributed by atoms with van der Waals surface area (Å²) in [5, 5.41) is 12.9. The van der Waals surface area contributed by atoms with Gasteiger partial charge in [0.15, 0.2) is 0 Å². The van der Waals surface area contributed by atoms with Gasteiger partial charge in [-0.3, -0.25) is 14.9 Å². The molecule has 0 spiro atoms. The Morgan fingerprint density at radius 1 is 1.12 bits per heavy atom. The van der Waals surface area contributed by atoms with Gasteiger partial charge in [0.05, 0.1) is 11.1 Å². The number of amides is 2. The molecule has 126 valence electrons. The number of carbonyl (C=O) groups excluding carboxylic acids is 2. The Morgan fingerprint density at radius 3 is 2.56 bits per heavy atom. The minimum absolute atomic E-state index is 0.0320. The predicted molar refractivity (Wildman–Crippen MR) is 96.0 cm³/mol. The average molecular weight is 355 g/mol. The number of nitrogens with one attached hydrogen (secondary N) is 1. The summed E-state index contributed by atoms with van der Waals surface area (Å²) in [6, 6.07) is 9.13. The van der Waals surface area contributed by atoms with Gasteiger partial charge in [-0.05, 0) is 29.7 Å². The molecule has 2 amide bonds. The second-order valence-corrected chi connectivity index (χ2v) is 6.48. The van der Waals surface area contributed by atoms with Crippen molar-refractivity contribution < 1.29 is 14.7 Å². The number of halogens is 1.